The first-order valence-corrected chi connectivity index (χ1v) is 7.68. The summed E-state index contributed by atoms with van der Waals surface area (Å²) in [5.74, 6) is -0.326. The Balaban J connectivity index is 1.83. The maximum atomic E-state index is 10.9. The van der Waals surface area contributed by atoms with Gasteiger partial charge in [-0.1, -0.05) is 0 Å². The number of amides is 1. The van der Waals surface area contributed by atoms with Crippen molar-refractivity contribution in [2.75, 3.05) is 39.8 Å². The molecule has 1 saturated heterocycles. The number of primary amides is 1. The van der Waals surface area contributed by atoms with E-state index in [0.717, 1.165) is 24.5 Å². The number of rotatable bonds is 6. The molecular weight excluding hydrogens is 288 g/mol. The predicted octanol–water partition coefficient (Wildman–Crippen LogP) is 0.238. The summed E-state index contributed by atoms with van der Waals surface area (Å²) in [6, 6.07) is 6.03. The van der Waals surface area contributed by atoms with Crippen molar-refractivity contribution in [3.63, 3.8) is 0 Å². The van der Waals surface area contributed by atoms with Crippen LogP contribution >= 0.6 is 11.3 Å². The number of morpholine rings is 1. The van der Waals surface area contributed by atoms with Crippen LogP contribution in [0.3, 0.4) is 0 Å². The Morgan fingerprint density at radius 1 is 1.67 bits per heavy atom. The van der Waals surface area contributed by atoms with Crippen molar-refractivity contribution >= 4 is 17.2 Å². The summed E-state index contributed by atoms with van der Waals surface area (Å²) in [4.78, 5) is 17.0. The summed E-state index contributed by atoms with van der Waals surface area (Å²) in [6.07, 6.45) is 0.0819. The van der Waals surface area contributed by atoms with Crippen LogP contribution in [0.1, 0.15) is 9.75 Å². The van der Waals surface area contributed by atoms with Gasteiger partial charge in [-0.15, -0.1) is 11.3 Å². The second kappa shape index (κ2) is 7.52. The molecule has 0 spiro atoms. The van der Waals surface area contributed by atoms with Gasteiger partial charge in [0, 0.05) is 31.1 Å². The minimum atomic E-state index is -0.326. The third-order valence-corrected chi connectivity index (χ3v) is 4.29. The highest BCUT2D eigenvalue weighted by Gasteiger charge is 2.22. The van der Waals surface area contributed by atoms with E-state index in [2.05, 4.69) is 11.0 Å². The molecule has 2 N–H and O–H groups in total. The molecule has 0 unspecified atom stereocenters. The average molecular weight is 308 g/mol. The quantitative estimate of drug-likeness (QED) is 0.814. The van der Waals surface area contributed by atoms with Gasteiger partial charge in [0.25, 0.3) is 0 Å². The van der Waals surface area contributed by atoms with Crippen molar-refractivity contribution in [1.82, 2.24) is 9.80 Å². The average Bonchev–Trinajstić information content (AvgIpc) is 2.85. The Hall–Kier alpha value is -1.46. The number of nitrogens with zero attached hydrogens (tertiary/aromatic N) is 3. The molecule has 114 valence electrons. The van der Waals surface area contributed by atoms with Crippen molar-refractivity contribution in [2.24, 2.45) is 5.73 Å². The van der Waals surface area contributed by atoms with E-state index in [1.54, 1.807) is 0 Å². The number of carbonyl (C=O) groups excluding carboxylic acids is 1. The molecule has 1 aromatic heterocycles. The first kappa shape index (κ1) is 15.9. The lowest BCUT2D eigenvalue weighted by molar-refractivity contribution is -0.119. The van der Waals surface area contributed by atoms with Gasteiger partial charge in [0.2, 0.25) is 5.91 Å². The van der Waals surface area contributed by atoms with Crippen molar-refractivity contribution in [3.8, 4) is 6.07 Å². The number of hydrogen-bond acceptors (Lipinski definition) is 6. The van der Waals surface area contributed by atoms with Crippen LogP contribution in [0.2, 0.25) is 0 Å². The fourth-order valence-electron chi connectivity index (χ4n) is 2.46. The van der Waals surface area contributed by atoms with Gasteiger partial charge in [-0.05, 0) is 19.2 Å². The smallest absolute Gasteiger partial charge is 0.231 e. The van der Waals surface area contributed by atoms with E-state index in [9.17, 15) is 4.79 Å². The Morgan fingerprint density at radius 2 is 2.48 bits per heavy atom. The van der Waals surface area contributed by atoms with E-state index >= 15 is 0 Å². The molecule has 1 fully saturated rings. The molecular formula is C14H20N4O2S. The highest BCUT2D eigenvalue weighted by molar-refractivity contribution is 7.12. The SMILES string of the molecule is CN(CC(N)=O)C[C@H]1CN(Cc2ccc(C#N)s2)CCO1. The number of thiophene rings is 1. The van der Waals surface area contributed by atoms with Crippen LogP contribution in [-0.4, -0.2) is 61.6 Å². The van der Waals surface area contributed by atoms with E-state index in [1.165, 1.54) is 16.2 Å². The minimum absolute atomic E-state index is 0.0819. The summed E-state index contributed by atoms with van der Waals surface area (Å²) in [6.45, 7) is 4.17. The molecule has 0 radical (unpaired) electrons. The first-order valence-electron chi connectivity index (χ1n) is 6.86. The maximum Gasteiger partial charge on any atom is 0.231 e. The zero-order chi connectivity index (χ0) is 15.2. The molecule has 6 nitrogen and oxygen atoms in total. The molecule has 1 aliphatic heterocycles. The maximum absolute atomic E-state index is 10.9. The van der Waals surface area contributed by atoms with E-state index in [1.807, 2.05) is 24.1 Å². The number of nitriles is 1. The summed E-state index contributed by atoms with van der Waals surface area (Å²) in [5, 5.41) is 8.85. The first-order chi connectivity index (χ1) is 10.1. The van der Waals surface area contributed by atoms with Crippen LogP contribution in [0.5, 0.6) is 0 Å². The zero-order valence-electron chi connectivity index (χ0n) is 12.1. The van der Waals surface area contributed by atoms with Crippen LogP contribution in [0, 0.1) is 11.3 Å². The largest absolute Gasteiger partial charge is 0.374 e. The third kappa shape index (κ3) is 5.10. The second-order valence-electron chi connectivity index (χ2n) is 5.27. The zero-order valence-corrected chi connectivity index (χ0v) is 12.9. The second-order valence-corrected chi connectivity index (χ2v) is 6.44. The number of carbonyl (C=O) groups is 1. The molecule has 21 heavy (non-hydrogen) atoms. The van der Waals surface area contributed by atoms with Gasteiger partial charge in [-0.25, -0.2) is 0 Å². The van der Waals surface area contributed by atoms with Crippen LogP contribution in [0.15, 0.2) is 12.1 Å². The van der Waals surface area contributed by atoms with Crippen LogP contribution in [0.4, 0.5) is 0 Å². The Bertz CT molecular complexity index is 525. The molecule has 0 aliphatic carbocycles. The lowest BCUT2D eigenvalue weighted by Crippen LogP contribution is -2.47. The molecule has 2 heterocycles. The molecule has 2 rings (SSSR count). The third-order valence-electron chi connectivity index (χ3n) is 3.32. The van der Waals surface area contributed by atoms with E-state index in [4.69, 9.17) is 15.7 Å². The van der Waals surface area contributed by atoms with Crippen LogP contribution in [0.25, 0.3) is 0 Å². The van der Waals surface area contributed by atoms with Crippen molar-refractivity contribution in [1.29, 1.82) is 5.26 Å². The molecule has 0 aromatic carbocycles. The fourth-order valence-corrected chi connectivity index (χ4v) is 3.30. The van der Waals surface area contributed by atoms with Crippen LogP contribution < -0.4 is 5.73 Å². The normalized spacial score (nSPS) is 19.6. The number of ether oxygens (including phenoxy) is 1. The van der Waals surface area contributed by atoms with Gasteiger partial charge in [-0.2, -0.15) is 5.26 Å². The number of likely N-dealkylation sites (N-methyl/N-ethyl adjacent to an activating group) is 1. The Kier molecular flexibility index (Phi) is 5.70. The molecule has 1 aliphatic rings. The van der Waals surface area contributed by atoms with Crippen LogP contribution in [-0.2, 0) is 16.1 Å². The van der Waals surface area contributed by atoms with Crippen molar-refractivity contribution < 1.29 is 9.53 Å². The van der Waals surface area contributed by atoms with Gasteiger partial charge in [-0.3, -0.25) is 14.6 Å². The topological polar surface area (TPSA) is 82.6 Å². The lowest BCUT2D eigenvalue weighted by Gasteiger charge is -2.34. The summed E-state index contributed by atoms with van der Waals surface area (Å²) in [5.41, 5.74) is 5.19. The van der Waals surface area contributed by atoms with Crippen molar-refractivity contribution in [3.05, 3.63) is 21.9 Å². The van der Waals surface area contributed by atoms with E-state index < -0.39 is 0 Å². The minimum Gasteiger partial charge on any atom is -0.374 e. The molecule has 1 atom stereocenters. The monoisotopic (exact) mass is 308 g/mol. The van der Waals surface area contributed by atoms with Gasteiger partial charge in [0.1, 0.15) is 10.9 Å². The summed E-state index contributed by atoms with van der Waals surface area (Å²) in [7, 11) is 1.87. The lowest BCUT2D eigenvalue weighted by atomic mass is 10.2. The standard InChI is InChI=1S/C14H20N4O2S/c1-17(10-14(16)19)7-11-8-18(4-5-20-11)9-13-3-2-12(6-15)21-13/h2-3,11H,4-5,7-10H2,1H3,(H2,16,19)/t11-/m0/s1. The number of nitrogens with two attached hydrogens (primary N) is 1. The van der Waals surface area contributed by atoms with E-state index in [-0.39, 0.29) is 18.6 Å². The summed E-state index contributed by atoms with van der Waals surface area (Å²) < 4.78 is 5.74. The van der Waals surface area contributed by atoms with Crippen molar-refractivity contribution in [2.45, 2.75) is 12.6 Å². The summed E-state index contributed by atoms with van der Waals surface area (Å²) >= 11 is 1.53. The predicted molar refractivity (Wildman–Crippen MR) is 80.7 cm³/mol. The molecule has 0 bridgehead atoms. The molecule has 1 amide bonds. The van der Waals surface area contributed by atoms with E-state index in [0.29, 0.717) is 13.2 Å². The number of hydrogen-bond donors (Lipinski definition) is 1. The molecule has 7 heteroatoms. The van der Waals surface area contributed by atoms with Gasteiger partial charge in [0.05, 0.1) is 19.3 Å². The van der Waals surface area contributed by atoms with Gasteiger partial charge >= 0.3 is 0 Å². The molecule has 0 saturated carbocycles. The highest BCUT2D eigenvalue weighted by Crippen LogP contribution is 2.19. The van der Waals surface area contributed by atoms with Gasteiger partial charge in [0.15, 0.2) is 0 Å². The Labute approximate surface area is 128 Å². The Morgan fingerprint density at radius 3 is 3.14 bits per heavy atom. The molecule has 1 aromatic rings. The fraction of sp³-hybridized carbons (Fsp3) is 0.571. The highest BCUT2D eigenvalue weighted by atomic mass is 32.1. The van der Waals surface area contributed by atoms with Gasteiger partial charge < -0.3 is 10.5 Å².